The Morgan fingerprint density at radius 1 is 1.41 bits per heavy atom. The van der Waals surface area contributed by atoms with Crippen molar-refractivity contribution in [1.29, 1.82) is 0 Å². The lowest BCUT2D eigenvalue weighted by Crippen LogP contribution is -2.15. The molecule has 88 valence electrons. The third kappa shape index (κ3) is 1.87. The summed E-state index contributed by atoms with van der Waals surface area (Å²) in [7, 11) is 0. The first kappa shape index (κ1) is 10.8. The quantitative estimate of drug-likeness (QED) is 0.741. The second-order valence-electron chi connectivity index (χ2n) is 4.69. The van der Waals surface area contributed by atoms with Gasteiger partial charge in [0.15, 0.2) is 0 Å². The molecule has 1 unspecified atom stereocenters. The number of aryl methyl sites for hydroxylation is 1. The summed E-state index contributed by atoms with van der Waals surface area (Å²) in [5.41, 5.74) is 2.45. The van der Waals surface area contributed by atoms with Crippen molar-refractivity contribution in [1.82, 2.24) is 9.55 Å². The van der Waals surface area contributed by atoms with Gasteiger partial charge in [0.25, 0.3) is 0 Å². The summed E-state index contributed by atoms with van der Waals surface area (Å²) < 4.78 is 2.36. The molecule has 0 aliphatic carbocycles. The van der Waals surface area contributed by atoms with E-state index >= 15 is 0 Å². The van der Waals surface area contributed by atoms with Gasteiger partial charge in [-0.1, -0.05) is 23.7 Å². The van der Waals surface area contributed by atoms with E-state index in [9.17, 15) is 0 Å². The fraction of sp³-hybridized carbons (Fsp3) is 0.357. The zero-order valence-electron chi connectivity index (χ0n) is 9.86. The van der Waals surface area contributed by atoms with Crippen molar-refractivity contribution in [3.63, 3.8) is 0 Å². The molecule has 0 fully saturated rings. The molecule has 2 aromatic rings. The van der Waals surface area contributed by atoms with E-state index in [1.165, 1.54) is 18.5 Å². The normalized spacial score (nSPS) is 19.1. The predicted octanol–water partition coefficient (Wildman–Crippen LogP) is 4.10. The summed E-state index contributed by atoms with van der Waals surface area (Å²) in [6.07, 6.45) is 5.64. The molecule has 1 aromatic carbocycles. The molecular weight excluding hydrogens is 232 g/mol. The van der Waals surface area contributed by atoms with E-state index < -0.39 is 0 Å². The smallest absolute Gasteiger partial charge is 0.140 e. The minimum absolute atomic E-state index is 0.537. The Bertz CT molecular complexity index is 545. The van der Waals surface area contributed by atoms with Crippen LogP contribution in [0.15, 0.2) is 30.5 Å². The Balaban J connectivity index is 2.13. The molecule has 0 saturated carbocycles. The SMILES string of the molecule is CC1CCCc2cnc(-c3cccc(Cl)c3)n21. The molecule has 17 heavy (non-hydrogen) atoms. The Morgan fingerprint density at radius 3 is 3.12 bits per heavy atom. The van der Waals surface area contributed by atoms with Crippen LogP contribution in [0, 0.1) is 0 Å². The van der Waals surface area contributed by atoms with Gasteiger partial charge in [-0.15, -0.1) is 0 Å². The van der Waals surface area contributed by atoms with Crippen molar-refractivity contribution >= 4 is 11.6 Å². The van der Waals surface area contributed by atoms with Gasteiger partial charge in [-0.3, -0.25) is 0 Å². The third-order valence-corrected chi connectivity index (χ3v) is 3.69. The van der Waals surface area contributed by atoms with Crippen LogP contribution in [-0.2, 0) is 6.42 Å². The summed E-state index contributed by atoms with van der Waals surface area (Å²) in [5, 5.41) is 0.767. The molecule has 1 aliphatic rings. The van der Waals surface area contributed by atoms with E-state index in [4.69, 9.17) is 11.6 Å². The van der Waals surface area contributed by atoms with Crippen molar-refractivity contribution in [2.45, 2.75) is 32.2 Å². The minimum Gasteiger partial charge on any atom is -0.325 e. The highest BCUT2D eigenvalue weighted by Gasteiger charge is 2.20. The second-order valence-corrected chi connectivity index (χ2v) is 5.13. The monoisotopic (exact) mass is 246 g/mol. The van der Waals surface area contributed by atoms with Crippen LogP contribution in [0.25, 0.3) is 11.4 Å². The maximum Gasteiger partial charge on any atom is 0.140 e. The van der Waals surface area contributed by atoms with Gasteiger partial charge in [0, 0.05) is 28.5 Å². The summed E-state index contributed by atoms with van der Waals surface area (Å²) >= 11 is 6.04. The molecule has 3 heteroatoms. The lowest BCUT2D eigenvalue weighted by Gasteiger charge is -2.24. The second kappa shape index (κ2) is 4.19. The molecule has 1 atom stereocenters. The van der Waals surface area contributed by atoms with Crippen molar-refractivity contribution in [2.24, 2.45) is 0 Å². The maximum absolute atomic E-state index is 6.04. The van der Waals surface area contributed by atoms with Gasteiger partial charge in [0.05, 0.1) is 0 Å². The van der Waals surface area contributed by atoms with Crippen molar-refractivity contribution in [2.75, 3.05) is 0 Å². The molecule has 0 amide bonds. The predicted molar refractivity (Wildman–Crippen MR) is 70.3 cm³/mol. The Labute approximate surface area is 106 Å². The number of imidazole rings is 1. The highest BCUT2D eigenvalue weighted by molar-refractivity contribution is 6.30. The number of halogens is 1. The molecular formula is C14H15ClN2. The fourth-order valence-electron chi connectivity index (χ4n) is 2.62. The number of hydrogen-bond donors (Lipinski definition) is 0. The van der Waals surface area contributed by atoms with Crippen LogP contribution < -0.4 is 0 Å². The van der Waals surface area contributed by atoms with Gasteiger partial charge < -0.3 is 4.57 Å². The third-order valence-electron chi connectivity index (χ3n) is 3.45. The number of rotatable bonds is 1. The van der Waals surface area contributed by atoms with Gasteiger partial charge >= 0.3 is 0 Å². The van der Waals surface area contributed by atoms with E-state index in [2.05, 4.69) is 22.5 Å². The van der Waals surface area contributed by atoms with Crippen LogP contribution in [-0.4, -0.2) is 9.55 Å². The maximum atomic E-state index is 6.04. The topological polar surface area (TPSA) is 17.8 Å². The number of nitrogens with zero attached hydrogens (tertiary/aromatic N) is 2. The van der Waals surface area contributed by atoms with Gasteiger partial charge in [-0.05, 0) is 38.3 Å². The Morgan fingerprint density at radius 2 is 2.29 bits per heavy atom. The van der Waals surface area contributed by atoms with Gasteiger partial charge in [-0.25, -0.2) is 4.98 Å². The van der Waals surface area contributed by atoms with Crippen LogP contribution in [0.3, 0.4) is 0 Å². The number of benzene rings is 1. The highest BCUT2D eigenvalue weighted by atomic mass is 35.5. The highest BCUT2D eigenvalue weighted by Crippen LogP contribution is 2.31. The van der Waals surface area contributed by atoms with Crippen LogP contribution >= 0.6 is 11.6 Å². The van der Waals surface area contributed by atoms with Crippen molar-refractivity contribution < 1.29 is 0 Å². The number of hydrogen-bond acceptors (Lipinski definition) is 1. The average molecular weight is 247 g/mol. The lowest BCUT2D eigenvalue weighted by molar-refractivity contribution is 0.436. The molecule has 0 radical (unpaired) electrons. The van der Waals surface area contributed by atoms with Crippen molar-refractivity contribution in [3.05, 3.63) is 41.2 Å². The van der Waals surface area contributed by atoms with E-state index in [1.807, 2.05) is 24.4 Å². The van der Waals surface area contributed by atoms with E-state index in [0.29, 0.717) is 6.04 Å². The molecule has 3 rings (SSSR count). The largest absolute Gasteiger partial charge is 0.325 e. The molecule has 0 bridgehead atoms. The van der Waals surface area contributed by atoms with E-state index in [1.54, 1.807) is 0 Å². The zero-order chi connectivity index (χ0) is 11.8. The summed E-state index contributed by atoms with van der Waals surface area (Å²) in [6, 6.07) is 8.47. The molecule has 0 spiro atoms. The van der Waals surface area contributed by atoms with Crippen LogP contribution in [0.4, 0.5) is 0 Å². The minimum atomic E-state index is 0.537. The van der Waals surface area contributed by atoms with Gasteiger partial charge in [0.2, 0.25) is 0 Å². The van der Waals surface area contributed by atoms with Crippen LogP contribution in [0.5, 0.6) is 0 Å². The molecule has 2 nitrogen and oxygen atoms in total. The first-order chi connectivity index (χ1) is 8.25. The number of fused-ring (bicyclic) bond motifs is 1. The number of aromatic nitrogens is 2. The first-order valence-corrected chi connectivity index (χ1v) is 6.45. The zero-order valence-corrected chi connectivity index (χ0v) is 10.6. The van der Waals surface area contributed by atoms with E-state index in [-0.39, 0.29) is 0 Å². The summed E-state index contributed by atoms with van der Waals surface area (Å²) in [5.74, 6) is 1.05. The first-order valence-electron chi connectivity index (χ1n) is 6.08. The summed E-state index contributed by atoms with van der Waals surface area (Å²) in [4.78, 5) is 4.56. The van der Waals surface area contributed by atoms with Gasteiger partial charge in [-0.2, -0.15) is 0 Å². The molecule has 1 aromatic heterocycles. The molecule has 0 saturated heterocycles. The van der Waals surface area contributed by atoms with Crippen molar-refractivity contribution in [3.8, 4) is 11.4 Å². The molecule has 2 heterocycles. The van der Waals surface area contributed by atoms with E-state index in [0.717, 1.165) is 22.8 Å². The Kier molecular flexibility index (Phi) is 2.67. The van der Waals surface area contributed by atoms with Gasteiger partial charge in [0.1, 0.15) is 5.82 Å². The lowest BCUT2D eigenvalue weighted by atomic mass is 10.0. The van der Waals surface area contributed by atoms with Crippen LogP contribution in [0.2, 0.25) is 5.02 Å². The van der Waals surface area contributed by atoms with Crippen LogP contribution in [0.1, 0.15) is 31.5 Å². The molecule has 0 N–H and O–H groups in total. The standard InChI is InChI=1S/C14H15ClN2/c1-10-4-2-7-13-9-16-14(17(10)13)11-5-3-6-12(15)8-11/h3,5-6,8-10H,2,4,7H2,1H3. The average Bonchev–Trinajstić information content (AvgIpc) is 2.74. The summed E-state index contributed by atoms with van der Waals surface area (Å²) in [6.45, 7) is 2.26. The fourth-order valence-corrected chi connectivity index (χ4v) is 2.81. The Hall–Kier alpha value is -1.28. The molecule has 1 aliphatic heterocycles.